The lowest BCUT2D eigenvalue weighted by Gasteiger charge is -2.19. The van der Waals surface area contributed by atoms with Crippen LogP contribution in [0.5, 0.6) is 0 Å². The van der Waals surface area contributed by atoms with Crippen LogP contribution in [0.2, 0.25) is 0 Å². The molecule has 0 aromatic heterocycles. The fraction of sp³-hybridized carbons (Fsp3) is 0.667. The highest BCUT2D eigenvalue weighted by Crippen LogP contribution is 1.94. The van der Waals surface area contributed by atoms with Gasteiger partial charge in [0, 0.05) is 11.5 Å². The molecule has 0 heterocycles. The first-order valence-corrected chi connectivity index (χ1v) is 8.16. The van der Waals surface area contributed by atoms with Gasteiger partial charge in [-0.25, -0.2) is 4.79 Å². The minimum absolute atomic E-state index is 0.0378. The van der Waals surface area contributed by atoms with Gasteiger partial charge in [0.05, 0.1) is 18.7 Å². The Morgan fingerprint density at radius 1 is 1.08 bits per heavy atom. The van der Waals surface area contributed by atoms with Crippen LogP contribution in [0.25, 0.3) is 0 Å². The SMILES string of the molecule is CC(O)C(NC(=O)CNC(=O)C(CS)NC(=O)C(N)CS)C(=O)O. The third-order valence-electron chi connectivity index (χ3n) is 2.84. The van der Waals surface area contributed by atoms with Crippen molar-refractivity contribution in [1.29, 1.82) is 0 Å². The lowest BCUT2D eigenvalue weighted by Crippen LogP contribution is -2.55. The first kappa shape index (κ1) is 22.5. The van der Waals surface area contributed by atoms with Crippen LogP contribution in [0.15, 0.2) is 0 Å². The molecule has 0 bridgehead atoms. The second-order valence-corrected chi connectivity index (χ2v) is 5.60. The topological polar surface area (TPSA) is 171 Å². The number of carbonyl (C=O) groups is 4. The van der Waals surface area contributed by atoms with E-state index >= 15 is 0 Å². The summed E-state index contributed by atoms with van der Waals surface area (Å²) in [7, 11) is 0. The van der Waals surface area contributed by atoms with E-state index in [1.165, 1.54) is 6.92 Å². The smallest absolute Gasteiger partial charge is 0.328 e. The number of carbonyl (C=O) groups excluding carboxylic acids is 3. The third-order valence-corrected chi connectivity index (χ3v) is 3.60. The molecule has 0 aromatic rings. The highest BCUT2D eigenvalue weighted by molar-refractivity contribution is 7.80. The summed E-state index contributed by atoms with van der Waals surface area (Å²) in [6.07, 6.45) is -1.31. The molecule has 0 saturated heterocycles. The van der Waals surface area contributed by atoms with Crippen molar-refractivity contribution in [2.45, 2.75) is 31.2 Å². The van der Waals surface area contributed by atoms with Gasteiger partial charge in [0.15, 0.2) is 6.04 Å². The first-order valence-electron chi connectivity index (χ1n) is 6.89. The van der Waals surface area contributed by atoms with Crippen molar-refractivity contribution in [2.75, 3.05) is 18.1 Å². The lowest BCUT2D eigenvalue weighted by molar-refractivity contribution is -0.144. The zero-order valence-corrected chi connectivity index (χ0v) is 14.7. The monoisotopic (exact) mass is 382 g/mol. The molecule has 10 nitrogen and oxygen atoms in total. The number of rotatable bonds is 10. The van der Waals surface area contributed by atoms with E-state index in [0.717, 1.165) is 0 Å². The van der Waals surface area contributed by atoms with Crippen LogP contribution in [0, 0.1) is 0 Å². The Kier molecular flexibility index (Phi) is 10.4. The van der Waals surface area contributed by atoms with Gasteiger partial charge in [-0.05, 0) is 6.92 Å². The first-order chi connectivity index (χ1) is 11.1. The summed E-state index contributed by atoms with van der Waals surface area (Å²) in [5.74, 6) is -3.46. The molecular formula is C12H22N4O6S2. The Morgan fingerprint density at radius 3 is 2.08 bits per heavy atom. The largest absolute Gasteiger partial charge is 0.480 e. The zero-order valence-electron chi connectivity index (χ0n) is 12.9. The van der Waals surface area contributed by atoms with Crippen LogP contribution in [0.4, 0.5) is 0 Å². The fourth-order valence-corrected chi connectivity index (χ4v) is 1.88. The Balaban J connectivity index is 4.51. The average Bonchev–Trinajstić information content (AvgIpc) is 2.53. The normalized spacial score (nSPS) is 15.5. The number of carboxylic acids is 1. The Labute approximate surface area is 149 Å². The molecule has 0 aliphatic rings. The van der Waals surface area contributed by atoms with Gasteiger partial charge in [0.2, 0.25) is 17.7 Å². The van der Waals surface area contributed by atoms with Crippen molar-refractivity contribution in [3.63, 3.8) is 0 Å². The molecule has 138 valence electrons. The third kappa shape index (κ3) is 7.86. The van der Waals surface area contributed by atoms with Crippen molar-refractivity contribution in [1.82, 2.24) is 16.0 Å². The van der Waals surface area contributed by atoms with Crippen molar-refractivity contribution < 1.29 is 29.4 Å². The van der Waals surface area contributed by atoms with Gasteiger partial charge in [-0.2, -0.15) is 25.3 Å². The molecular weight excluding hydrogens is 360 g/mol. The molecule has 4 atom stereocenters. The van der Waals surface area contributed by atoms with Crippen LogP contribution < -0.4 is 21.7 Å². The van der Waals surface area contributed by atoms with Gasteiger partial charge in [0.25, 0.3) is 0 Å². The van der Waals surface area contributed by atoms with Gasteiger partial charge in [0.1, 0.15) is 6.04 Å². The molecule has 24 heavy (non-hydrogen) atoms. The van der Waals surface area contributed by atoms with Crippen molar-refractivity contribution in [2.24, 2.45) is 5.73 Å². The Hall–Kier alpha value is -1.50. The number of carboxylic acid groups (broad SMARTS) is 1. The second kappa shape index (κ2) is 11.1. The van der Waals surface area contributed by atoms with E-state index in [1.807, 2.05) is 0 Å². The molecule has 0 radical (unpaired) electrons. The molecule has 0 spiro atoms. The Morgan fingerprint density at radius 2 is 1.67 bits per heavy atom. The molecule has 0 aromatic carbocycles. The standard InChI is InChI=1S/C12H22N4O6S2/c1-5(17)9(12(21)22)16-8(18)2-14-11(20)7(4-24)15-10(19)6(13)3-23/h5-7,9,17,23-24H,2-4,13H2,1H3,(H,14,20)(H,15,19)(H,16,18)(H,21,22). The number of aliphatic hydroxyl groups excluding tert-OH is 1. The van der Waals surface area contributed by atoms with E-state index in [9.17, 15) is 24.3 Å². The maximum absolute atomic E-state index is 11.9. The summed E-state index contributed by atoms with van der Waals surface area (Å²) in [6.45, 7) is 0.670. The van der Waals surface area contributed by atoms with Crippen molar-refractivity contribution >= 4 is 48.9 Å². The molecule has 4 unspecified atom stereocenters. The number of hydrogen-bond acceptors (Lipinski definition) is 8. The van der Waals surface area contributed by atoms with Gasteiger partial charge in [-0.1, -0.05) is 0 Å². The number of aliphatic carboxylic acids is 1. The van der Waals surface area contributed by atoms with Crippen LogP contribution in [-0.4, -0.2) is 76.2 Å². The molecule has 7 N–H and O–H groups in total. The van der Waals surface area contributed by atoms with E-state index in [1.54, 1.807) is 0 Å². The molecule has 0 saturated carbocycles. The molecule has 0 rings (SSSR count). The number of aliphatic hydroxyl groups is 1. The number of nitrogens with two attached hydrogens (primary N) is 1. The van der Waals surface area contributed by atoms with Gasteiger partial charge in [-0.3, -0.25) is 14.4 Å². The van der Waals surface area contributed by atoms with E-state index in [0.29, 0.717) is 0 Å². The summed E-state index contributed by atoms with van der Waals surface area (Å²) >= 11 is 7.80. The fourth-order valence-electron chi connectivity index (χ4n) is 1.46. The molecule has 12 heteroatoms. The van der Waals surface area contributed by atoms with Crippen LogP contribution >= 0.6 is 25.3 Å². The summed E-state index contributed by atoms with van der Waals surface area (Å²) in [4.78, 5) is 46.0. The minimum atomic E-state index is -1.50. The van der Waals surface area contributed by atoms with Crippen LogP contribution in [-0.2, 0) is 19.2 Å². The van der Waals surface area contributed by atoms with Gasteiger partial charge >= 0.3 is 5.97 Å². The summed E-state index contributed by atoms with van der Waals surface area (Å²) in [6, 6.07) is -3.41. The van der Waals surface area contributed by atoms with E-state index in [2.05, 4.69) is 41.2 Å². The minimum Gasteiger partial charge on any atom is -0.480 e. The summed E-state index contributed by atoms with van der Waals surface area (Å²) < 4.78 is 0. The highest BCUT2D eigenvalue weighted by Gasteiger charge is 2.26. The maximum Gasteiger partial charge on any atom is 0.328 e. The average molecular weight is 382 g/mol. The highest BCUT2D eigenvalue weighted by atomic mass is 32.1. The molecule has 0 fully saturated rings. The van der Waals surface area contributed by atoms with Gasteiger partial charge < -0.3 is 31.9 Å². The van der Waals surface area contributed by atoms with Gasteiger partial charge in [-0.15, -0.1) is 0 Å². The summed E-state index contributed by atoms with van der Waals surface area (Å²) in [5, 5.41) is 24.7. The molecule has 0 aliphatic carbocycles. The predicted octanol–water partition coefficient (Wildman–Crippen LogP) is -3.28. The summed E-state index contributed by atoms with van der Waals surface area (Å²) in [5.41, 5.74) is 5.46. The quantitative estimate of drug-likeness (QED) is 0.183. The number of amides is 3. The predicted molar refractivity (Wildman–Crippen MR) is 91.9 cm³/mol. The van der Waals surface area contributed by atoms with E-state index < -0.39 is 54.5 Å². The zero-order chi connectivity index (χ0) is 18.9. The van der Waals surface area contributed by atoms with E-state index in [-0.39, 0.29) is 11.5 Å². The molecule has 0 aliphatic heterocycles. The maximum atomic E-state index is 11.9. The van der Waals surface area contributed by atoms with Crippen LogP contribution in [0.3, 0.4) is 0 Å². The second-order valence-electron chi connectivity index (χ2n) is 4.87. The number of nitrogens with one attached hydrogen (secondary N) is 3. The van der Waals surface area contributed by atoms with Crippen LogP contribution in [0.1, 0.15) is 6.92 Å². The van der Waals surface area contributed by atoms with Crippen molar-refractivity contribution in [3.05, 3.63) is 0 Å². The molecule has 3 amide bonds. The number of thiol groups is 2. The van der Waals surface area contributed by atoms with Crippen molar-refractivity contribution in [3.8, 4) is 0 Å². The van der Waals surface area contributed by atoms with E-state index in [4.69, 9.17) is 10.8 Å². The Bertz CT molecular complexity index is 476. The number of hydrogen-bond donors (Lipinski definition) is 8. The lowest BCUT2D eigenvalue weighted by atomic mass is 10.2.